The second-order valence-electron chi connectivity index (χ2n) is 5.65. The largest absolute Gasteiger partial charge is 0.488 e. The van der Waals surface area contributed by atoms with Crippen LogP contribution in [0.25, 0.3) is 0 Å². The highest BCUT2D eigenvalue weighted by Gasteiger charge is 2.25. The predicted octanol–water partition coefficient (Wildman–Crippen LogP) is 2.34. The van der Waals surface area contributed by atoms with Crippen molar-refractivity contribution in [1.82, 2.24) is 4.90 Å². The maximum atomic E-state index is 10.9. The van der Waals surface area contributed by atoms with Crippen molar-refractivity contribution >= 4 is 5.97 Å². The van der Waals surface area contributed by atoms with Crippen LogP contribution < -0.4 is 4.74 Å². The molecule has 2 unspecified atom stereocenters. The number of carboxylic acid groups (broad SMARTS) is 1. The Morgan fingerprint density at radius 3 is 2.95 bits per heavy atom. The Labute approximate surface area is 120 Å². The van der Waals surface area contributed by atoms with Crippen LogP contribution in [0.4, 0.5) is 0 Å². The van der Waals surface area contributed by atoms with Crippen molar-refractivity contribution in [2.45, 2.75) is 33.3 Å². The maximum absolute atomic E-state index is 10.9. The van der Waals surface area contributed by atoms with Gasteiger partial charge in [-0.15, -0.1) is 0 Å². The van der Waals surface area contributed by atoms with Gasteiger partial charge in [-0.2, -0.15) is 0 Å². The summed E-state index contributed by atoms with van der Waals surface area (Å²) in [6.07, 6.45) is 1.04. The number of fused-ring (bicyclic) bond motifs is 1. The molecule has 0 aliphatic carbocycles. The number of likely N-dealkylation sites (N-methyl/N-ethyl adjacent to an activating group) is 1. The standard InChI is InChI=1S/C16H23NO3/c1-4-17(9-12(3)16(18)19)10-14-8-13-7-11(2)5-6-15(13)20-14/h5-7,12,14H,4,8-10H2,1-3H3,(H,18,19). The Balaban J connectivity index is 1.92. The molecule has 2 atom stereocenters. The van der Waals surface area contributed by atoms with Crippen molar-refractivity contribution in [2.75, 3.05) is 19.6 Å². The first-order chi connectivity index (χ1) is 9.49. The van der Waals surface area contributed by atoms with Crippen molar-refractivity contribution in [3.63, 3.8) is 0 Å². The van der Waals surface area contributed by atoms with Gasteiger partial charge in [-0.3, -0.25) is 9.69 Å². The molecule has 0 fully saturated rings. The van der Waals surface area contributed by atoms with E-state index in [0.29, 0.717) is 6.54 Å². The van der Waals surface area contributed by atoms with Crippen LogP contribution in [0.1, 0.15) is 25.0 Å². The Bertz CT molecular complexity index is 487. The van der Waals surface area contributed by atoms with Crippen molar-refractivity contribution in [3.05, 3.63) is 29.3 Å². The highest BCUT2D eigenvalue weighted by Crippen LogP contribution is 2.29. The van der Waals surface area contributed by atoms with Gasteiger partial charge in [0, 0.05) is 19.5 Å². The predicted molar refractivity (Wildman–Crippen MR) is 78.2 cm³/mol. The van der Waals surface area contributed by atoms with Gasteiger partial charge in [-0.05, 0) is 25.1 Å². The molecule has 1 aromatic carbocycles. The lowest BCUT2D eigenvalue weighted by atomic mass is 10.1. The van der Waals surface area contributed by atoms with Crippen molar-refractivity contribution in [1.29, 1.82) is 0 Å². The monoisotopic (exact) mass is 277 g/mol. The summed E-state index contributed by atoms with van der Waals surface area (Å²) in [6.45, 7) is 8.08. The number of carbonyl (C=O) groups is 1. The lowest BCUT2D eigenvalue weighted by Gasteiger charge is -2.25. The Hall–Kier alpha value is -1.55. The van der Waals surface area contributed by atoms with E-state index < -0.39 is 5.97 Å². The van der Waals surface area contributed by atoms with E-state index >= 15 is 0 Å². The third-order valence-corrected chi connectivity index (χ3v) is 3.82. The molecule has 1 aromatic rings. The zero-order valence-electron chi connectivity index (χ0n) is 12.4. The van der Waals surface area contributed by atoms with Gasteiger partial charge in [0.25, 0.3) is 0 Å². The zero-order chi connectivity index (χ0) is 14.7. The van der Waals surface area contributed by atoms with Gasteiger partial charge in [0.15, 0.2) is 0 Å². The molecule has 0 bridgehead atoms. The van der Waals surface area contributed by atoms with Gasteiger partial charge < -0.3 is 9.84 Å². The fourth-order valence-corrected chi connectivity index (χ4v) is 2.64. The molecule has 0 radical (unpaired) electrons. The number of aryl methyl sites for hydroxylation is 1. The van der Waals surface area contributed by atoms with E-state index in [4.69, 9.17) is 9.84 Å². The number of hydrogen-bond donors (Lipinski definition) is 1. The average Bonchev–Trinajstić information content (AvgIpc) is 2.78. The van der Waals surface area contributed by atoms with E-state index in [1.54, 1.807) is 6.92 Å². The van der Waals surface area contributed by atoms with Crippen molar-refractivity contribution in [3.8, 4) is 5.75 Å². The molecule has 0 saturated heterocycles. The topological polar surface area (TPSA) is 49.8 Å². The Kier molecular flexibility index (Phi) is 4.65. The van der Waals surface area contributed by atoms with E-state index in [0.717, 1.165) is 25.3 Å². The number of nitrogens with zero attached hydrogens (tertiary/aromatic N) is 1. The van der Waals surface area contributed by atoms with Crippen LogP contribution in [0, 0.1) is 12.8 Å². The minimum Gasteiger partial charge on any atom is -0.488 e. The van der Waals surface area contributed by atoms with Crippen molar-refractivity contribution in [2.24, 2.45) is 5.92 Å². The molecule has 0 amide bonds. The van der Waals surface area contributed by atoms with E-state index in [1.807, 2.05) is 6.07 Å². The van der Waals surface area contributed by atoms with Crippen LogP contribution in [0.5, 0.6) is 5.75 Å². The van der Waals surface area contributed by atoms with Gasteiger partial charge in [0.2, 0.25) is 0 Å². The summed E-state index contributed by atoms with van der Waals surface area (Å²) in [4.78, 5) is 13.1. The maximum Gasteiger partial charge on any atom is 0.307 e. The Morgan fingerprint density at radius 2 is 2.30 bits per heavy atom. The number of aliphatic carboxylic acids is 1. The second-order valence-corrected chi connectivity index (χ2v) is 5.65. The molecular weight excluding hydrogens is 254 g/mol. The molecule has 0 saturated carbocycles. The molecule has 0 aromatic heterocycles. The number of hydrogen-bond acceptors (Lipinski definition) is 3. The average molecular weight is 277 g/mol. The normalized spacial score (nSPS) is 18.7. The molecule has 2 rings (SSSR count). The van der Waals surface area contributed by atoms with Gasteiger partial charge in [-0.25, -0.2) is 0 Å². The first-order valence-electron chi connectivity index (χ1n) is 7.21. The molecule has 110 valence electrons. The summed E-state index contributed by atoms with van der Waals surface area (Å²) in [7, 11) is 0. The zero-order valence-corrected chi connectivity index (χ0v) is 12.4. The third kappa shape index (κ3) is 3.51. The van der Waals surface area contributed by atoms with E-state index in [-0.39, 0.29) is 12.0 Å². The lowest BCUT2D eigenvalue weighted by Crippen LogP contribution is -2.38. The molecule has 1 heterocycles. The summed E-state index contributed by atoms with van der Waals surface area (Å²) in [5, 5.41) is 9.00. The first kappa shape index (κ1) is 14.9. The summed E-state index contributed by atoms with van der Waals surface area (Å²) in [5.41, 5.74) is 2.51. The molecule has 1 N–H and O–H groups in total. The number of carboxylic acids is 1. The van der Waals surface area contributed by atoms with Crippen LogP contribution in [-0.4, -0.2) is 41.7 Å². The van der Waals surface area contributed by atoms with Crippen LogP contribution >= 0.6 is 0 Å². The quantitative estimate of drug-likeness (QED) is 0.867. The van der Waals surface area contributed by atoms with E-state index in [9.17, 15) is 4.79 Å². The van der Waals surface area contributed by atoms with E-state index in [2.05, 4.69) is 30.9 Å². The molecule has 4 nitrogen and oxygen atoms in total. The van der Waals surface area contributed by atoms with Gasteiger partial charge in [0.05, 0.1) is 5.92 Å². The van der Waals surface area contributed by atoms with E-state index in [1.165, 1.54) is 11.1 Å². The molecule has 1 aliphatic heterocycles. The minimum atomic E-state index is -0.741. The summed E-state index contributed by atoms with van der Waals surface area (Å²) in [5.74, 6) is -0.112. The highest BCUT2D eigenvalue weighted by molar-refractivity contribution is 5.69. The number of ether oxygens (including phenoxy) is 1. The molecule has 4 heteroatoms. The highest BCUT2D eigenvalue weighted by atomic mass is 16.5. The summed E-state index contributed by atoms with van der Waals surface area (Å²) in [6, 6.07) is 6.26. The summed E-state index contributed by atoms with van der Waals surface area (Å²) >= 11 is 0. The fraction of sp³-hybridized carbons (Fsp3) is 0.562. The SMILES string of the molecule is CCN(CC1Cc2cc(C)ccc2O1)CC(C)C(=O)O. The number of rotatable bonds is 6. The fourth-order valence-electron chi connectivity index (χ4n) is 2.64. The molecule has 0 spiro atoms. The second kappa shape index (κ2) is 6.27. The first-order valence-corrected chi connectivity index (χ1v) is 7.21. The van der Waals surface area contributed by atoms with Crippen molar-refractivity contribution < 1.29 is 14.6 Å². The summed E-state index contributed by atoms with van der Waals surface area (Å²) < 4.78 is 5.95. The molecule has 20 heavy (non-hydrogen) atoms. The van der Waals surface area contributed by atoms with Crippen LogP contribution in [0.3, 0.4) is 0 Å². The number of benzene rings is 1. The molecule has 1 aliphatic rings. The van der Waals surface area contributed by atoms with Gasteiger partial charge in [-0.1, -0.05) is 31.5 Å². The van der Waals surface area contributed by atoms with Crippen LogP contribution in [0.15, 0.2) is 18.2 Å². The lowest BCUT2D eigenvalue weighted by molar-refractivity contribution is -0.141. The van der Waals surface area contributed by atoms with Gasteiger partial charge in [0.1, 0.15) is 11.9 Å². The van der Waals surface area contributed by atoms with Crippen LogP contribution in [-0.2, 0) is 11.2 Å². The van der Waals surface area contributed by atoms with Crippen LogP contribution in [0.2, 0.25) is 0 Å². The molecular formula is C16H23NO3. The third-order valence-electron chi connectivity index (χ3n) is 3.82. The Morgan fingerprint density at radius 1 is 1.55 bits per heavy atom. The van der Waals surface area contributed by atoms with Gasteiger partial charge >= 0.3 is 5.97 Å². The minimum absolute atomic E-state index is 0.132. The smallest absolute Gasteiger partial charge is 0.307 e.